The third kappa shape index (κ3) is 10.7. The standard InChI is InChI=1S/2C17H26N2O4S.CH4/c2*1-5-24(21,22)15-9-8-12(18)11-13(15)14-7-6-10-19(14)16(20)23-17(2,3)4;/h2*8-9,11,14H,5-7,10,18H2,1-4H3;1H4/t2*14-;/m10./s1. The number of nitrogens with two attached hydrogens (primary N) is 2. The minimum atomic E-state index is -3.40. The van der Waals surface area contributed by atoms with Crippen LogP contribution in [0.25, 0.3) is 0 Å². The number of nitrogens with zero attached hydrogens (tertiary/aromatic N) is 2. The average Bonchev–Trinajstić information content (AvgIpc) is 3.66. The summed E-state index contributed by atoms with van der Waals surface area (Å²) in [6.07, 6.45) is 2.12. The molecule has 2 saturated heterocycles. The number of nitrogen functional groups attached to an aromatic ring is 2. The van der Waals surface area contributed by atoms with E-state index in [9.17, 15) is 26.4 Å². The molecule has 2 aliphatic heterocycles. The minimum absolute atomic E-state index is 0. The van der Waals surface area contributed by atoms with E-state index < -0.39 is 43.1 Å². The highest BCUT2D eigenvalue weighted by Crippen LogP contribution is 2.39. The smallest absolute Gasteiger partial charge is 0.410 e. The maximum Gasteiger partial charge on any atom is 0.410 e. The van der Waals surface area contributed by atoms with Crippen LogP contribution in [0.3, 0.4) is 0 Å². The maximum absolute atomic E-state index is 12.5. The van der Waals surface area contributed by atoms with E-state index >= 15 is 0 Å². The summed E-state index contributed by atoms with van der Waals surface area (Å²) in [5.74, 6) is 0.00610. The monoisotopic (exact) mass is 724 g/mol. The van der Waals surface area contributed by atoms with Gasteiger partial charge >= 0.3 is 12.2 Å². The second-order valence-electron chi connectivity index (χ2n) is 14.1. The first-order valence-electron chi connectivity index (χ1n) is 16.3. The molecule has 276 valence electrons. The lowest BCUT2D eigenvalue weighted by atomic mass is 10.0. The number of ether oxygens (including phenoxy) is 2. The molecule has 14 heteroatoms. The molecule has 0 unspecified atom stereocenters. The van der Waals surface area contributed by atoms with Crippen molar-refractivity contribution in [2.24, 2.45) is 0 Å². The van der Waals surface area contributed by atoms with Crippen LogP contribution in [-0.4, -0.2) is 74.6 Å². The molecule has 2 atom stereocenters. The molecular formula is C35H56N4O8S2. The average molecular weight is 725 g/mol. The molecular weight excluding hydrogens is 669 g/mol. The van der Waals surface area contributed by atoms with Crippen molar-refractivity contribution in [3.05, 3.63) is 47.5 Å². The lowest BCUT2D eigenvalue weighted by Crippen LogP contribution is -2.36. The molecule has 0 aromatic heterocycles. The molecule has 2 aromatic rings. The van der Waals surface area contributed by atoms with Crippen molar-refractivity contribution in [2.75, 3.05) is 36.1 Å². The molecule has 2 amide bonds. The minimum Gasteiger partial charge on any atom is -0.444 e. The zero-order valence-corrected chi connectivity index (χ0v) is 31.0. The fraction of sp³-hybridized carbons (Fsp3) is 0.600. The molecule has 4 rings (SSSR count). The van der Waals surface area contributed by atoms with Crippen LogP contribution >= 0.6 is 0 Å². The number of anilines is 2. The van der Waals surface area contributed by atoms with E-state index in [1.807, 2.05) is 41.5 Å². The van der Waals surface area contributed by atoms with Crippen LogP contribution in [-0.2, 0) is 29.1 Å². The van der Waals surface area contributed by atoms with Crippen molar-refractivity contribution >= 4 is 43.2 Å². The second-order valence-corrected chi connectivity index (χ2v) is 18.6. The van der Waals surface area contributed by atoms with Crippen molar-refractivity contribution in [3.63, 3.8) is 0 Å². The molecule has 4 N–H and O–H groups in total. The lowest BCUT2D eigenvalue weighted by molar-refractivity contribution is 0.0212. The van der Waals surface area contributed by atoms with E-state index in [0.717, 1.165) is 12.8 Å². The summed E-state index contributed by atoms with van der Waals surface area (Å²) in [6.45, 7) is 15.2. The fourth-order valence-electron chi connectivity index (χ4n) is 5.79. The molecule has 49 heavy (non-hydrogen) atoms. The van der Waals surface area contributed by atoms with Crippen LogP contribution < -0.4 is 11.5 Å². The lowest BCUT2D eigenvalue weighted by Gasteiger charge is -2.29. The Labute approximate surface area is 293 Å². The van der Waals surface area contributed by atoms with Crippen LogP contribution in [0.2, 0.25) is 0 Å². The van der Waals surface area contributed by atoms with Crippen molar-refractivity contribution in [1.29, 1.82) is 0 Å². The third-order valence-corrected chi connectivity index (χ3v) is 11.6. The SMILES string of the molecule is C.CCS(=O)(=O)c1ccc(N)cc1[C@@H]1CCCN1C(=O)OC(C)(C)C.CCS(=O)(=O)c1ccc(N)cc1[C@H]1CCCN1C(=O)OC(C)(C)C. The van der Waals surface area contributed by atoms with Crippen LogP contribution in [0, 0.1) is 0 Å². The molecule has 0 saturated carbocycles. The number of carbonyl (C=O) groups excluding carboxylic acids is 2. The molecule has 0 spiro atoms. The van der Waals surface area contributed by atoms with Crippen molar-refractivity contribution < 1.29 is 35.9 Å². The molecule has 0 radical (unpaired) electrons. The Balaban J connectivity index is 0.000000333. The van der Waals surface area contributed by atoms with Gasteiger partial charge in [-0.1, -0.05) is 21.3 Å². The Morgan fingerprint density at radius 2 is 1.02 bits per heavy atom. The van der Waals surface area contributed by atoms with Gasteiger partial charge in [0, 0.05) is 24.5 Å². The Morgan fingerprint density at radius 1 is 0.694 bits per heavy atom. The summed E-state index contributed by atoms with van der Waals surface area (Å²) in [5, 5.41) is 0. The van der Waals surface area contributed by atoms with Gasteiger partial charge < -0.3 is 30.7 Å². The highest BCUT2D eigenvalue weighted by atomic mass is 32.2. The Morgan fingerprint density at radius 3 is 1.31 bits per heavy atom. The first-order chi connectivity index (χ1) is 22.1. The number of rotatable bonds is 6. The van der Waals surface area contributed by atoms with Gasteiger partial charge in [-0.3, -0.25) is 0 Å². The van der Waals surface area contributed by atoms with Crippen LogP contribution in [0.15, 0.2) is 46.2 Å². The van der Waals surface area contributed by atoms with Crippen molar-refractivity contribution in [1.82, 2.24) is 9.80 Å². The van der Waals surface area contributed by atoms with Crippen molar-refractivity contribution in [2.45, 2.75) is 122 Å². The van der Waals surface area contributed by atoms with Gasteiger partial charge in [0.25, 0.3) is 0 Å². The van der Waals surface area contributed by atoms with E-state index in [4.69, 9.17) is 20.9 Å². The topological polar surface area (TPSA) is 179 Å². The normalized spacial score (nSPS) is 18.3. The van der Waals surface area contributed by atoms with E-state index in [2.05, 4.69) is 0 Å². The Hall–Kier alpha value is -3.52. The fourth-order valence-corrected chi connectivity index (χ4v) is 8.07. The van der Waals surface area contributed by atoms with Gasteiger partial charge in [0.05, 0.1) is 33.4 Å². The number of amides is 2. The third-order valence-electron chi connectivity index (χ3n) is 7.98. The zero-order chi connectivity index (χ0) is 36.2. The van der Waals surface area contributed by atoms with Gasteiger partial charge in [-0.15, -0.1) is 0 Å². The number of hydrogen-bond acceptors (Lipinski definition) is 10. The van der Waals surface area contributed by atoms with Gasteiger partial charge in [0.15, 0.2) is 19.7 Å². The number of hydrogen-bond donors (Lipinski definition) is 2. The van der Waals surface area contributed by atoms with E-state index in [-0.39, 0.29) is 40.8 Å². The first-order valence-corrected chi connectivity index (χ1v) is 19.6. The quantitative estimate of drug-likeness (QED) is 0.298. The highest BCUT2D eigenvalue weighted by molar-refractivity contribution is 7.91. The molecule has 12 nitrogen and oxygen atoms in total. The second kappa shape index (κ2) is 16.0. The molecule has 0 bridgehead atoms. The van der Waals surface area contributed by atoms with Gasteiger partial charge in [-0.2, -0.15) is 0 Å². The predicted octanol–water partition coefficient (Wildman–Crippen LogP) is 6.90. The van der Waals surface area contributed by atoms with Gasteiger partial charge in [0.2, 0.25) is 0 Å². The summed E-state index contributed by atoms with van der Waals surface area (Å²) in [7, 11) is -6.80. The van der Waals surface area contributed by atoms with Gasteiger partial charge in [-0.05, 0) is 115 Å². The summed E-state index contributed by atoms with van der Waals surface area (Å²) >= 11 is 0. The summed E-state index contributed by atoms with van der Waals surface area (Å²) < 4.78 is 60.6. The summed E-state index contributed by atoms with van der Waals surface area (Å²) in [6, 6.07) is 8.90. The summed E-state index contributed by atoms with van der Waals surface area (Å²) in [5.41, 5.74) is 12.7. The number of carbonyl (C=O) groups is 2. The van der Waals surface area contributed by atoms with E-state index in [1.54, 1.807) is 47.9 Å². The predicted molar refractivity (Wildman–Crippen MR) is 194 cm³/mol. The number of benzene rings is 2. The molecule has 0 aliphatic carbocycles. The van der Waals surface area contributed by atoms with Crippen LogP contribution in [0.5, 0.6) is 0 Å². The van der Waals surface area contributed by atoms with Crippen LogP contribution in [0.1, 0.15) is 112 Å². The Kier molecular flexibility index (Phi) is 13.6. The first kappa shape index (κ1) is 41.7. The van der Waals surface area contributed by atoms with Gasteiger partial charge in [-0.25, -0.2) is 26.4 Å². The highest BCUT2D eigenvalue weighted by Gasteiger charge is 2.37. The van der Waals surface area contributed by atoms with E-state index in [1.165, 1.54) is 12.1 Å². The molecule has 2 aromatic carbocycles. The van der Waals surface area contributed by atoms with E-state index in [0.29, 0.717) is 48.4 Å². The molecule has 2 heterocycles. The molecule has 2 aliphatic rings. The Bertz CT molecular complexity index is 1570. The van der Waals surface area contributed by atoms with Gasteiger partial charge in [0.1, 0.15) is 11.2 Å². The summed E-state index contributed by atoms with van der Waals surface area (Å²) in [4.78, 5) is 28.7. The molecule has 2 fully saturated rings. The maximum atomic E-state index is 12.5. The largest absolute Gasteiger partial charge is 0.444 e. The van der Waals surface area contributed by atoms with Crippen molar-refractivity contribution in [3.8, 4) is 0 Å². The number of sulfone groups is 2. The number of likely N-dealkylation sites (tertiary alicyclic amines) is 2. The van der Waals surface area contributed by atoms with Crippen LogP contribution in [0.4, 0.5) is 21.0 Å². The zero-order valence-electron chi connectivity index (χ0n) is 29.4.